The molecule has 1 rings (SSSR count). The molecule has 12 heavy (non-hydrogen) atoms. The molecule has 0 radical (unpaired) electrons. The van der Waals surface area contributed by atoms with Crippen molar-refractivity contribution >= 4 is 6.98 Å². The maximum Gasteiger partial charge on any atom is 0.509 e. The van der Waals surface area contributed by atoms with Gasteiger partial charge in [0.15, 0.2) is 0 Å². The molecule has 0 atom stereocenters. The van der Waals surface area contributed by atoms with E-state index in [2.05, 4.69) is 0 Å². The van der Waals surface area contributed by atoms with Gasteiger partial charge in [0.2, 0.25) is 0 Å². The third kappa shape index (κ3) is 2.16. The third-order valence-corrected chi connectivity index (χ3v) is 1.97. The predicted octanol–water partition coefficient (Wildman–Crippen LogP) is 3.29. The Kier molecular flexibility index (Phi) is 2.10. The zero-order valence-corrected chi connectivity index (χ0v) is 7.15. The molecule has 0 spiro atoms. The smallest absolute Gasteiger partial charge is 0.445 e. The van der Waals surface area contributed by atoms with Crippen molar-refractivity contribution in [3.8, 4) is 0 Å². The molecule has 0 aromatic carbocycles. The maximum absolute atomic E-state index is 12.1. The largest absolute Gasteiger partial charge is 0.509 e. The summed E-state index contributed by atoms with van der Waals surface area (Å²) < 4.78 is 36.4. The Labute approximate surface area is 70.2 Å². The summed E-state index contributed by atoms with van der Waals surface area (Å²) in [4.78, 5) is 0. The van der Waals surface area contributed by atoms with Crippen LogP contribution in [0.5, 0.6) is 0 Å². The van der Waals surface area contributed by atoms with Crippen molar-refractivity contribution in [2.45, 2.75) is 20.3 Å². The minimum atomic E-state index is -4.80. The minimum absolute atomic E-state index is 0.120. The molecule has 0 nitrogen and oxygen atoms in total. The van der Waals surface area contributed by atoms with Crippen molar-refractivity contribution < 1.29 is 12.9 Å². The lowest BCUT2D eigenvalue weighted by Gasteiger charge is -2.26. The van der Waals surface area contributed by atoms with Crippen LogP contribution in [0.1, 0.15) is 20.3 Å². The highest BCUT2D eigenvalue weighted by molar-refractivity contribution is 6.67. The molecule has 1 aliphatic carbocycles. The van der Waals surface area contributed by atoms with Crippen molar-refractivity contribution in [1.29, 1.82) is 0 Å². The van der Waals surface area contributed by atoms with E-state index < -0.39 is 12.4 Å². The highest BCUT2D eigenvalue weighted by atomic mass is 19.4. The van der Waals surface area contributed by atoms with Gasteiger partial charge in [0.25, 0.3) is 0 Å². The first-order valence-electron chi connectivity index (χ1n) is 3.90. The van der Waals surface area contributed by atoms with Crippen LogP contribution in [0.3, 0.4) is 0 Å². The van der Waals surface area contributed by atoms with E-state index in [9.17, 15) is 12.9 Å². The molecule has 0 bridgehead atoms. The number of allylic oxidation sites excluding steroid dienone is 4. The quantitative estimate of drug-likeness (QED) is 0.536. The Balaban J connectivity index is 2.78. The second-order valence-corrected chi connectivity index (χ2v) is 3.80. The van der Waals surface area contributed by atoms with Gasteiger partial charge in [-0.1, -0.05) is 26.0 Å². The van der Waals surface area contributed by atoms with Crippen molar-refractivity contribution in [3.05, 3.63) is 23.7 Å². The summed E-state index contributed by atoms with van der Waals surface area (Å²) in [5.74, 6) is 0. The normalized spacial score (nSPS) is 22.2. The van der Waals surface area contributed by atoms with E-state index in [1.807, 2.05) is 13.8 Å². The van der Waals surface area contributed by atoms with Gasteiger partial charge in [-0.3, -0.25) is 0 Å². The summed E-state index contributed by atoms with van der Waals surface area (Å²) in [7, 11) is 0. The van der Waals surface area contributed by atoms with Crippen LogP contribution in [0.2, 0.25) is 0 Å². The Morgan fingerprint density at radius 2 is 1.92 bits per heavy atom. The lowest BCUT2D eigenvalue weighted by atomic mass is 9.72. The fourth-order valence-corrected chi connectivity index (χ4v) is 1.08. The zero-order chi connectivity index (χ0) is 9.41. The SMILES string of the molecule is CC1(C)C=CC([B-](F)(F)F)=CC1. The lowest BCUT2D eigenvalue weighted by Crippen LogP contribution is -2.21. The Hall–Kier alpha value is -0.665. The minimum Gasteiger partial charge on any atom is -0.445 e. The number of hydrogen-bond donors (Lipinski definition) is 0. The van der Waals surface area contributed by atoms with Crippen LogP contribution >= 0.6 is 0 Å². The summed E-state index contributed by atoms with van der Waals surface area (Å²) in [6.07, 6.45) is 4.56. The van der Waals surface area contributed by atoms with Crippen molar-refractivity contribution in [2.24, 2.45) is 5.41 Å². The number of hydrogen-bond acceptors (Lipinski definition) is 0. The van der Waals surface area contributed by atoms with Gasteiger partial charge >= 0.3 is 6.98 Å². The molecule has 0 heterocycles. The number of rotatable bonds is 1. The summed E-state index contributed by atoms with van der Waals surface area (Å²) in [6, 6.07) is 0. The molecule has 0 aromatic heterocycles. The molecule has 4 heteroatoms. The predicted molar refractivity (Wildman–Crippen MR) is 44.7 cm³/mol. The molecular formula is C8H11BF3-. The molecule has 0 amide bonds. The fourth-order valence-electron chi connectivity index (χ4n) is 1.08. The summed E-state index contributed by atoms with van der Waals surface area (Å²) in [5, 5.41) is 0. The second-order valence-electron chi connectivity index (χ2n) is 3.80. The Morgan fingerprint density at radius 3 is 2.25 bits per heavy atom. The third-order valence-electron chi connectivity index (χ3n) is 1.97. The molecule has 0 saturated carbocycles. The van der Waals surface area contributed by atoms with Crippen LogP contribution in [0.15, 0.2) is 23.7 Å². The van der Waals surface area contributed by atoms with Crippen LogP contribution in [0.25, 0.3) is 0 Å². The molecule has 0 aliphatic heterocycles. The topological polar surface area (TPSA) is 0 Å². The van der Waals surface area contributed by atoms with E-state index in [4.69, 9.17) is 0 Å². The number of halogens is 3. The molecular weight excluding hydrogens is 164 g/mol. The van der Waals surface area contributed by atoms with Gasteiger partial charge < -0.3 is 12.9 Å². The van der Waals surface area contributed by atoms with Gasteiger partial charge in [-0.25, -0.2) is 0 Å². The first-order chi connectivity index (χ1) is 5.31. The van der Waals surface area contributed by atoms with Crippen LogP contribution in [-0.4, -0.2) is 6.98 Å². The first-order valence-corrected chi connectivity index (χ1v) is 3.90. The zero-order valence-electron chi connectivity index (χ0n) is 7.15. The van der Waals surface area contributed by atoms with E-state index >= 15 is 0 Å². The molecule has 0 N–H and O–H groups in total. The summed E-state index contributed by atoms with van der Waals surface area (Å²) >= 11 is 0. The van der Waals surface area contributed by atoms with Crippen LogP contribution in [0, 0.1) is 5.41 Å². The van der Waals surface area contributed by atoms with E-state index in [-0.39, 0.29) is 5.41 Å². The van der Waals surface area contributed by atoms with Crippen LogP contribution < -0.4 is 0 Å². The van der Waals surface area contributed by atoms with E-state index in [1.54, 1.807) is 6.08 Å². The molecule has 1 aliphatic rings. The first kappa shape index (κ1) is 9.42. The Bertz CT molecular complexity index is 235. The highest BCUT2D eigenvalue weighted by Gasteiger charge is 2.29. The van der Waals surface area contributed by atoms with Gasteiger partial charge in [0, 0.05) is 0 Å². The van der Waals surface area contributed by atoms with Crippen LogP contribution in [-0.2, 0) is 0 Å². The molecule has 0 unspecified atom stereocenters. The van der Waals surface area contributed by atoms with Gasteiger partial charge in [-0.2, -0.15) is 0 Å². The Morgan fingerprint density at radius 1 is 1.33 bits per heavy atom. The summed E-state index contributed by atoms with van der Waals surface area (Å²) in [6.45, 7) is -0.965. The van der Waals surface area contributed by atoms with Crippen molar-refractivity contribution in [2.75, 3.05) is 0 Å². The van der Waals surface area contributed by atoms with Crippen molar-refractivity contribution in [1.82, 2.24) is 0 Å². The second kappa shape index (κ2) is 2.68. The molecule has 0 aromatic rings. The van der Waals surface area contributed by atoms with Crippen LogP contribution in [0.4, 0.5) is 12.9 Å². The highest BCUT2D eigenvalue weighted by Crippen LogP contribution is 2.32. The summed E-state index contributed by atoms with van der Waals surface area (Å²) in [5.41, 5.74) is -0.584. The maximum atomic E-state index is 12.1. The average molecular weight is 175 g/mol. The van der Waals surface area contributed by atoms with Gasteiger partial charge in [0.05, 0.1) is 0 Å². The monoisotopic (exact) mass is 175 g/mol. The standard InChI is InChI=1S/C8H11BF3/c1-8(2)5-3-7(4-6-8)9(10,11)12/h3-5H,6H2,1-2H3/q-1. The van der Waals surface area contributed by atoms with Crippen molar-refractivity contribution in [3.63, 3.8) is 0 Å². The molecule has 0 saturated heterocycles. The van der Waals surface area contributed by atoms with E-state index in [0.29, 0.717) is 6.42 Å². The van der Waals surface area contributed by atoms with E-state index in [1.165, 1.54) is 12.2 Å². The van der Waals surface area contributed by atoms with Gasteiger partial charge in [-0.15, -0.1) is 11.5 Å². The van der Waals surface area contributed by atoms with Gasteiger partial charge in [0.1, 0.15) is 0 Å². The molecule has 68 valence electrons. The van der Waals surface area contributed by atoms with Gasteiger partial charge in [-0.05, 0) is 11.8 Å². The lowest BCUT2D eigenvalue weighted by molar-refractivity contribution is 0.468. The molecule has 0 fully saturated rings. The average Bonchev–Trinajstić information content (AvgIpc) is 1.83. The fraction of sp³-hybridized carbons (Fsp3) is 0.500. The van der Waals surface area contributed by atoms with E-state index in [0.717, 1.165) is 0 Å².